The third-order valence-corrected chi connectivity index (χ3v) is 3.15. The van der Waals surface area contributed by atoms with Crippen molar-refractivity contribution in [3.63, 3.8) is 0 Å². The lowest BCUT2D eigenvalue weighted by Gasteiger charge is -2.09. The molecule has 130 valence electrons. The summed E-state index contributed by atoms with van der Waals surface area (Å²) in [5, 5.41) is 6.04. The number of benzene rings is 1. The second-order valence-electron chi connectivity index (χ2n) is 4.98. The highest BCUT2D eigenvalue weighted by atomic mass is 19.4. The topological polar surface area (TPSA) is 49.3 Å². The Morgan fingerprint density at radius 3 is 2.68 bits per heavy atom. The Bertz CT molecular complexity index is 774. The molecule has 1 aromatic carbocycles. The average Bonchev–Trinajstić information content (AvgIpc) is 2.61. The summed E-state index contributed by atoms with van der Waals surface area (Å²) in [5.74, 6) is 6.01. The minimum Gasteiger partial charge on any atom is -0.351 e. The Balaban J connectivity index is 1.86. The standard InChI is InChI=1S/C18H17F3N4/c1-22-17(25-13-16-9-2-3-10-23-16)24-11-5-7-14-6-4-8-15(12-14)18(19,20)21/h2-4,6,8-10,12H,11,13H2,1H3,(H2,22,24,25). The van der Waals surface area contributed by atoms with E-state index in [0.29, 0.717) is 18.1 Å². The van der Waals surface area contributed by atoms with E-state index in [9.17, 15) is 13.2 Å². The third kappa shape index (κ3) is 6.18. The predicted octanol–water partition coefficient (Wildman–Crippen LogP) is 2.82. The van der Waals surface area contributed by atoms with Crippen LogP contribution in [0.2, 0.25) is 0 Å². The maximum atomic E-state index is 12.6. The number of aromatic nitrogens is 1. The third-order valence-electron chi connectivity index (χ3n) is 3.15. The van der Waals surface area contributed by atoms with Crippen LogP contribution in [0.5, 0.6) is 0 Å². The maximum Gasteiger partial charge on any atom is 0.416 e. The molecule has 1 aromatic heterocycles. The van der Waals surface area contributed by atoms with Crippen molar-refractivity contribution in [1.29, 1.82) is 0 Å². The van der Waals surface area contributed by atoms with Crippen molar-refractivity contribution in [3.05, 3.63) is 65.5 Å². The minimum atomic E-state index is -4.37. The molecule has 0 aliphatic carbocycles. The highest BCUT2D eigenvalue weighted by molar-refractivity contribution is 5.79. The largest absolute Gasteiger partial charge is 0.416 e. The van der Waals surface area contributed by atoms with E-state index in [1.54, 1.807) is 13.2 Å². The summed E-state index contributed by atoms with van der Waals surface area (Å²) < 4.78 is 37.9. The van der Waals surface area contributed by atoms with E-state index in [-0.39, 0.29) is 6.54 Å². The first kappa shape index (κ1) is 18.3. The van der Waals surface area contributed by atoms with Crippen LogP contribution in [0.3, 0.4) is 0 Å². The molecule has 0 spiro atoms. The Morgan fingerprint density at radius 1 is 1.16 bits per heavy atom. The van der Waals surface area contributed by atoms with Crippen LogP contribution in [-0.4, -0.2) is 24.5 Å². The van der Waals surface area contributed by atoms with Crippen LogP contribution < -0.4 is 10.6 Å². The fraction of sp³-hybridized carbons (Fsp3) is 0.222. The lowest BCUT2D eigenvalue weighted by molar-refractivity contribution is -0.137. The lowest BCUT2D eigenvalue weighted by atomic mass is 10.1. The van der Waals surface area contributed by atoms with Crippen molar-refractivity contribution in [3.8, 4) is 11.8 Å². The molecule has 2 N–H and O–H groups in total. The van der Waals surface area contributed by atoms with Gasteiger partial charge in [0.1, 0.15) is 0 Å². The van der Waals surface area contributed by atoms with E-state index < -0.39 is 11.7 Å². The number of nitrogens with zero attached hydrogens (tertiary/aromatic N) is 2. The van der Waals surface area contributed by atoms with Crippen LogP contribution in [0.1, 0.15) is 16.8 Å². The number of guanidine groups is 1. The Hall–Kier alpha value is -3.01. The van der Waals surface area contributed by atoms with Crippen LogP contribution in [-0.2, 0) is 12.7 Å². The Morgan fingerprint density at radius 2 is 2.00 bits per heavy atom. The van der Waals surface area contributed by atoms with Gasteiger partial charge in [0.2, 0.25) is 0 Å². The number of rotatable bonds is 3. The van der Waals surface area contributed by atoms with Gasteiger partial charge in [0.25, 0.3) is 0 Å². The molecule has 2 aromatic rings. The van der Waals surface area contributed by atoms with Gasteiger partial charge in [0.15, 0.2) is 5.96 Å². The summed E-state index contributed by atoms with van der Waals surface area (Å²) in [6.45, 7) is 0.750. The van der Waals surface area contributed by atoms with Gasteiger partial charge in [-0.25, -0.2) is 0 Å². The number of aliphatic imine (C=N–C) groups is 1. The molecule has 0 aliphatic rings. The molecule has 0 saturated heterocycles. The van der Waals surface area contributed by atoms with E-state index in [1.165, 1.54) is 12.1 Å². The van der Waals surface area contributed by atoms with Gasteiger partial charge in [0.05, 0.1) is 24.3 Å². The zero-order chi connectivity index (χ0) is 18.1. The number of nitrogens with one attached hydrogen (secondary N) is 2. The lowest BCUT2D eigenvalue weighted by Crippen LogP contribution is -2.37. The molecular weight excluding hydrogens is 329 g/mol. The van der Waals surface area contributed by atoms with Crippen molar-refractivity contribution >= 4 is 5.96 Å². The molecule has 1 heterocycles. The van der Waals surface area contributed by atoms with Crippen molar-refractivity contribution in [1.82, 2.24) is 15.6 Å². The first-order chi connectivity index (χ1) is 12.0. The van der Waals surface area contributed by atoms with E-state index in [4.69, 9.17) is 0 Å². The predicted molar refractivity (Wildman–Crippen MR) is 90.8 cm³/mol. The molecule has 0 unspecified atom stereocenters. The molecule has 0 atom stereocenters. The molecule has 0 fully saturated rings. The van der Waals surface area contributed by atoms with Gasteiger partial charge < -0.3 is 10.6 Å². The first-order valence-corrected chi connectivity index (χ1v) is 7.49. The number of hydrogen-bond acceptors (Lipinski definition) is 2. The summed E-state index contributed by atoms with van der Waals surface area (Å²) in [4.78, 5) is 8.23. The van der Waals surface area contributed by atoms with Gasteiger partial charge >= 0.3 is 6.18 Å². The smallest absolute Gasteiger partial charge is 0.351 e. The number of halogens is 3. The molecule has 0 amide bonds. The summed E-state index contributed by atoms with van der Waals surface area (Å²) in [5.41, 5.74) is 0.466. The van der Waals surface area contributed by atoms with Gasteiger partial charge in [-0.15, -0.1) is 0 Å². The van der Waals surface area contributed by atoms with E-state index in [2.05, 4.69) is 32.5 Å². The highest BCUT2D eigenvalue weighted by Gasteiger charge is 2.30. The van der Waals surface area contributed by atoms with E-state index in [0.717, 1.165) is 17.8 Å². The summed E-state index contributed by atoms with van der Waals surface area (Å²) in [6, 6.07) is 10.5. The van der Waals surface area contributed by atoms with E-state index in [1.807, 2.05) is 18.2 Å². The molecule has 2 rings (SSSR count). The Labute approximate surface area is 144 Å². The SMILES string of the molecule is CN=C(NCC#Cc1cccc(C(F)(F)F)c1)NCc1ccccn1. The van der Waals surface area contributed by atoms with Crippen LogP contribution in [0, 0.1) is 11.8 Å². The average molecular weight is 346 g/mol. The molecule has 25 heavy (non-hydrogen) atoms. The number of pyridine rings is 1. The summed E-state index contributed by atoms with van der Waals surface area (Å²) >= 11 is 0. The minimum absolute atomic E-state index is 0.248. The zero-order valence-electron chi connectivity index (χ0n) is 13.6. The monoisotopic (exact) mass is 346 g/mol. The van der Waals surface area contributed by atoms with Gasteiger partial charge in [-0.05, 0) is 30.3 Å². The normalized spacial score (nSPS) is 11.4. The van der Waals surface area contributed by atoms with E-state index >= 15 is 0 Å². The molecule has 0 aliphatic heterocycles. The summed E-state index contributed by atoms with van der Waals surface area (Å²) in [6.07, 6.45) is -2.67. The van der Waals surface area contributed by atoms with Gasteiger partial charge in [-0.2, -0.15) is 13.2 Å². The van der Waals surface area contributed by atoms with Crippen molar-refractivity contribution in [2.45, 2.75) is 12.7 Å². The van der Waals surface area contributed by atoms with Crippen molar-refractivity contribution in [2.24, 2.45) is 4.99 Å². The zero-order valence-corrected chi connectivity index (χ0v) is 13.6. The van der Waals surface area contributed by atoms with Gasteiger partial charge in [-0.3, -0.25) is 9.98 Å². The van der Waals surface area contributed by atoms with Crippen molar-refractivity contribution < 1.29 is 13.2 Å². The number of alkyl halides is 3. The first-order valence-electron chi connectivity index (χ1n) is 7.49. The highest BCUT2D eigenvalue weighted by Crippen LogP contribution is 2.29. The fourth-order valence-electron chi connectivity index (χ4n) is 1.95. The second-order valence-corrected chi connectivity index (χ2v) is 4.98. The van der Waals surface area contributed by atoms with Gasteiger partial charge in [0, 0.05) is 18.8 Å². The van der Waals surface area contributed by atoms with Crippen molar-refractivity contribution in [2.75, 3.05) is 13.6 Å². The molecule has 0 radical (unpaired) electrons. The molecule has 7 heteroatoms. The Kier molecular flexibility index (Phi) is 6.40. The molecule has 0 bridgehead atoms. The van der Waals surface area contributed by atoms with Crippen LogP contribution in [0.25, 0.3) is 0 Å². The maximum absolute atomic E-state index is 12.6. The number of hydrogen-bond donors (Lipinski definition) is 2. The second kappa shape index (κ2) is 8.73. The van der Waals surface area contributed by atoms with Crippen LogP contribution in [0.15, 0.2) is 53.7 Å². The fourth-order valence-corrected chi connectivity index (χ4v) is 1.95. The summed E-state index contributed by atoms with van der Waals surface area (Å²) in [7, 11) is 1.62. The molecule has 0 saturated carbocycles. The van der Waals surface area contributed by atoms with Crippen LogP contribution in [0.4, 0.5) is 13.2 Å². The molecule has 4 nitrogen and oxygen atoms in total. The van der Waals surface area contributed by atoms with Crippen LogP contribution >= 0.6 is 0 Å². The quantitative estimate of drug-likeness (QED) is 0.510. The molecular formula is C18H17F3N4. The van der Waals surface area contributed by atoms with Gasteiger partial charge in [-0.1, -0.05) is 24.0 Å².